The van der Waals surface area contributed by atoms with Crippen molar-refractivity contribution in [3.05, 3.63) is 48.2 Å². The quantitative estimate of drug-likeness (QED) is 0.219. The summed E-state index contributed by atoms with van der Waals surface area (Å²) in [5, 5.41) is 20.2. The van der Waals surface area contributed by atoms with Gasteiger partial charge in [0.1, 0.15) is 12.7 Å². The Bertz CT molecular complexity index is 1070. The highest BCUT2D eigenvalue weighted by molar-refractivity contribution is 14.1. The minimum Gasteiger partial charge on any atom is -0.399 e. The van der Waals surface area contributed by atoms with Crippen LogP contribution < -0.4 is 26.8 Å². The molecular weight excluding hydrogens is 525 g/mol. The molecule has 1 atom stereocenters. The van der Waals surface area contributed by atoms with Gasteiger partial charge in [-0.15, -0.1) is 0 Å². The molecule has 2 rings (SSSR count). The van der Waals surface area contributed by atoms with Crippen molar-refractivity contribution in [2.24, 2.45) is 14.1 Å². The second kappa shape index (κ2) is 9.96. The van der Waals surface area contributed by atoms with Crippen LogP contribution in [0.4, 0.5) is 25.1 Å². The summed E-state index contributed by atoms with van der Waals surface area (Å²) in [6.45, 7) is -1.10. The third-order valence-electron chi connectivity index (χ3n) is 3.75. The molecule has 0 saturated carbocycles. The first-order valence-corrected chi connectivity index (χ1v) is 9.25. The number of hydrogen-bond acceptors (Lipinski definition) is 8. The zero-order chi connectivity index (χ0) is 22.6. The SMILES string of the molecule is Cn1c(Nc2ccc(I)c(F)c2F)c(OC(=O)NOC[C@H](O)CO)c(=O)n(C)c1=O. The lowest BCUT2D eigenvalue weighted by Crippen LogP contribution is -2.40. The van der Waals surface area contributed by atoms with Crippen molar-refractivity contribution in [1.29, 1.82) is 0 Å². The van der Waals surface area contributed by atoms with Crippen molar-refractivity contribution >= 4 is 40.2 Å². The highest BCUT2D eigenvalue weighted by Gasteiger charge is 2.22. The lowest BCUT2D eigenvalue weighted by Gasteiger charge is -2.17. The number of amides is 1. The Balaban J connectivity index is 2.41. The van der Waals surface area contributed by atoms with Gasteiger partial charge in [-0.1, -0.05) is 0 Å². The number of benzene rings is 1. The topological polar surface area (TPSA) is 144 Å². The molecule has 164 valence electrons. The van der Waals surface area contributed by atoms with E-state index in [1.54, 1.807) is 28.1 Å². The maximum atomic E-state index is 14.2. The molecule has 11 nitrogen and oxygen atoms in total. The molecule has 1 amide bonds. The molecule has 1 aromatic carbocycles. The van der Waals surface area contributed by atoms with E-state index < -0.39 is 65.5 Å². The van der Waals surface area contributed by atoms with E-state index in [-0.39, 0.29) is 3.57 Å². The fourth-order valence-corrected chi connectivity index (χ4v) is 2.58. The number of ether oxygens (including phenoxy) is 1. The Morgan fingerprint density at radius 2 is 1.90 bits per heavy atom. The maximum Gasteiger partial charge on any atom is 0.437 e. The van der Waals surface area contributed by atoms with Crippen LogP contribution in [0, 0.1) is 15.2 Å². The summed E-state index contributed by atoms with van der Waals surface area (Å²) in [5.41, 5.74) is -0.521. The summed E-state index contributed by atoms with van der Waals surface area (Å²) >= 11 is 1.59. The molecule has 0 spiro atoms. The third-order valence-corrected chi connectivity index (χ3v) is 4.58. The Kier molecular flexibility index (Phi) is 7.88. The van der Waals surface area contributed by atoms with Gasteiger partial charge in [-0.25, -0.2) is 18.4 Å². The van der Waals surface area contributed by atoms with Crippen LogP contribution in [0.2, 0.25) is 0 Å². The lowest BCUT2D eigenvalue weighted by molar-refractivity contribution is -0.0291. The Morgan fingerprint density at radius 3 is 2.53 bits per heavy atom. The van der Waals surface area contributed by atoms with Gasteiger partial charge < -0.3 is 20.3 Å². The first kappa shape index (κ1) is 23.7. The number of halogens is 3. The Morgan fingerprint density at radius 1 is 1.23 bits per heavy atom. The van der Waals surface area contributed by atoms with E-state index in [0.29, 0.717) is 4.57 Å². The van der Waals surface area contributed by atoms with Crippen LogP contribution >= 0.6 is 22.6 Å². The molecular formula is C16H17F2IN4O7. The number of carbonyl (C=O) groups is 1. The lowest BCUT2D eigenvalue weighted by atomic mass is 10.3. The molecule has 0 bridgehead atoms. The smallest absolute Gasteiger partial charge is 0.399 e. The number of anilines is 2. The van der Waals surface area contributed by atoms with Crippen molar-refractivity contribution in [2.45, 2.75) is 6.10 Å². The largest absolute Gasteiger partial charge is 0.437 e. The summed E-state index contributed by atoms with van der Waals surface area (Å²) in [7, 11) is 2.34. The number of hydrogen-bond donors (Lipinski definition) is 4. The van der Waals surface area contributed by atoms with Gasteiger partial charge in [0, 0.05) is 14.1 Å². The van der Waals surface area contributed by atoms with Gasteiger partial charge in [-0.3, -0.25) is 18.8 Å². The maximum absolute atomic E-state index is 14.2. The summed E-state index contributed by atoms with van der Waals surface area (Å²) < 4.78 is 34.5. The van der Waals surface area contributed by atoms with Gasteiger partial charge >= 0.3 is 17.3 Å². The second-order valence-corrected chi connectivity index (χ2v) is 7.03. The number of aliphatic hydroxyl groups excluding tert-OH is 2. The van der Waals surface area contributed by atoms with Crippen LogP contribution in [0.5, 0.6) is 5.75 Å². The van der Waals surface area contributed by atoms with Gasteiger partial charge in [-0.2, -0.15) is 5.48 Å². The second-order valence-electron chi connectivity index (χ2n) is 5.87. The number of nitrogens with zero attached hydrogens (tertiary/aromatic N) is 2. The zero-order valence-corrected chi connectivity index (χ0v) is 17.8. The third kappa shape index (κ3) is 5.13. The number of aliphatic hydroxyl groups is 2. The van der Waals surface area contributed by atoms with Crippen molar-refractivity contribution < 1.29 is 33.4 Å². The summed E-state index contributed by atoms with van der Waals surface area (Å²) in [6, 6.07) is 2.43. The molecule has 0 fully saturated rings. The van der Waals surface area contributed by atoms with Crippen LogP contribution in [-0.4, -0.2) is 44.8 Å². The van der Waals surface area contributed by atoms with Gasteiger partial charge in [0.25, 0.3) is 0 Å². The normalized spacial score (nSPS) is 11.8. The van der Waals surface area contributed by atoms with Crippen molar-refractivity contribution in [3.63, 3.8) is 0 Å². The minimum absolute atomic E-state index is 0.00609. The Hall–Kier alpha value is -2.56. The molecule has 30 heavy (non-hydrogen) atoms. The van der Waals surface area contributed by atoms with E-state index in [0.717, 1.165) is 11.6 Å². The van der Waals surface area contributed by atoms with Gasteiger partial charge in [-0.05, 0) is 34.7 Å². The first-order valence-electron chi connectivity index (χ1n) is 8.17. The van der Waals surface area contributed by atoms with Crippen molar-refractivity contribution in [3.8, 4) is 5.75 Å². The first-order chi connectivity index (χ1) is 14.1. The highest BCUT2D eigenvalue weighted by Crippen LogP contribution is 2.27. The predicted molar refractivity (Wildman–Crippen MR) is 107 cm³/mol. The number of carbonyl (C=O) groups excluding carboxylic acids is 1. The summed E-state index contributed by atoms with van der Waals surface area (Å²) in [6.07, 6.45) is -2.58. The monoisotopic (exact) mass is 542 g/mol. The fourth-order valence-electron chi connectivity index (χ4n) is 2.16. The van der Waals surface area contributed by atoms with Crippen LogP contribution in [0.3, 0.4) is 0 Å². The minimum atomic E-state index is -1.31. The molecule has 0 aliphatic carbocycles. The number of aromatic nitrogens is 2. The number of nitrogens with one attached hydrogen (secondary N) is 2. The molecule has 14 heteroatoms. The highest BCUT2D eigenvalue weighted by atomic mass is 127. The molecule has 2 aromatic rings. The molecule has 0 unspecified atom stereocenters. The molecule has 0 aliphatic heterocycles. The Labute approximate surface area is 180 Å². The van der Waals surface area contributed by atoms with Gasteiger partial charge in [0.2, 0.25) is 5.75 Å². The van der Waals surface area contributed by atoms with E-state index in [9.17, 15) is 23.2 Å². The van der Waals surface area contributed by atoms with Crippen LogP contribution in [0.1, 0.15) is 0 Å². The standard InChI is InChI=1S/C16H17F2IN4O7/c1-22-13(20-9-4-3-8(19)10(17)11(9)18)12(14(26)23(2)16(22)28)30-15(27)21-29-6-7(25)5-24/h3-4,7,20,24-25H,5-6H2,1-2H3,(H,21,27)/t7-/m1/s1. The molecule has 4 N–H and O–H groups in total. The van der Waals surface area contributed by atoms with E-state index in [1.165, 1.54) is 19.2 Å². The van der Waals surface area contributed by atoms with Crippen molar-refractivity contribution in [2.75, 3.05) is 18.5 Å². The van der Waals surface area contributed by atoms with E-state index >= 15 is 0 Å². The molecule has 1 aromatic heterocycles. The van der Waals surface area contributed by atoms with E-state index in [4.69, 9.17) is 14.9 Å². The molecule has 0 aliphatic rings. The average molecular weight is 542 g/mol. The fraction of sp³-hybridized carbons (Fsp3) is 0.312. The van der Waals surface area contributed by atoms with Crippen LogP contribution in [0.15, 0.2) is 21.7 Å². The number of hydroxylamine groups is 1. The summed E-state index contributed by atoms with van der Waals surface area (Å²) in [5.74, 6) is -3.55. The zero-order valence-electron chi connectivity index (χ0n) is 15.6. The van der Waals surface area contributed by atoms with Crippen LogP contribution in [-0.2, 0) is 18.9 Å². The summed E-state index contributed by atoms with van der Waals surface area (Å²) in [4.78, 5) is 41.2. The van der Waals surface area contributed by atoms with Gasteiger partial charge in [0.15, 0.2) is 17.5 Å². The van der Waals surface area contributed by atoms with E-state index in [1.807, 2.05) is 0 Å². The van der Waals surface area contributed by atoms with E-state index in [2.05, 4.69) is 10.2 Å². The van der Waals surface area contributed by atoms with Crippen LogP contribution in [0.25, 0.3) is 0 Å². The average Bonchev–Trinajstić information content (AvgIpc) is 2.72. The number of rotatable bonds is 7. The van der Waals surface area contributed by atoms with Crippen molar-refractivity contribution in [1.82, 2.24) is 14.6 Å². The predicted octanol–water partition coefficient (Wildman–Crippen LogP) is 0.0836. The molecule has 0 radical (unpaired) electrons. The van der Waals surface area contributed by atoms with Gasteiger partial charge in [0.05, 0.1) is 15.9 Å². The molecule has 0 saturated heterocycles. The molecule has 1 heterocycles.